The van der Waals surface area contributed by atoms with Gasteiger partial charge in [0.05, 0.1) is 4.17 Å². The van der Waals surface area contributed by atoms with Crippen LogP contribution in [0.25, 0.3) is 0 Å². The Morgan fingerprint density at radius 1 is 2.00 bits per heavy atom. The van der Waals surface area contributed by atoms with Crippen molar-refractivity contribution in [2.45, 2.75) is 0 Å². The second-order valence-electron chi connectivity index (χ2n) is 1.24. The maximum absolute atomic E-state index is 10.6. The summed E-state index contributed by atoms with van der Waals surface area (Å²) < 4.78 is 15.2. The zero-order valence-electron chi connectivity index (χ0n) is 3.93. The molecule has 3 nitrogen and oxygen atoms in total. The smallest absolute Gasteiger partial charge is 0.226 e. The summed E-state index contributed by atoms with van der Waals surface area (Å²) in [6.07, 6.45) is 0. The van der Waals surface area contributed by atoms with Crippen LogP contribution in [-0.2, 0) is 9.19 Å². The van der Waals surface area contributed by atoms with Gasteiger partial charge in [-0.3, -0.25) is 4.57 Å². The molecule has 0 bridgehead atoms. The Kier molecular flexibility index (Phi) is 3.40. The Balaban J connectivity index is 3.61. The Bertz CT molecular complexity index is 87.7. The molecular formula is C2H7INO2P. The second kappa shape index (κ2) is 3.02. The molecule has 0 aliphatic heterocycles. The number of halogens is 1. The van der Waals surface area contributed by atoms with Gasteiger partial charge in [-0.2, -0.15) is 0 Å². The number of nitrogens with two attached hydrogens (primary N) is 1. The fourth-order valence-corrected chi connectivity index (χ4v) is 0.567. The van der Waals surface area contributed by atoms with Crippen molar-refractivity contribution in [3.05, 3.63) is 0 Å². The van der Waals surface area contributed by atoms with Gasteiger partial charge in [0.2, 0.25) is 7.37 Å². The minimum absolute atomic E-state index is 0.473. The zero-order chi connectivity index (χ0) is 5.91. The van der Waals surface area contributed by atoms with Crippen molar-refractivity contribution in [3.8, 4) is 0 Å². The van der Waals surface area contributed by atoms with Gasteiger partial charge in [0.25, 0.3) is 0 Å². The molecule has 0 heterocycles. The van der Waals surface area contributed by atoms with E-state index in [0.717, 1.165) is 0 Å². The van der Waals surface area contributed by atoms with Crippen molar-refractivity contribution in [2.75, 3.05) is 10.8 Å². The van der Waals surface area contributed by atoms with Crippen molar-refractivity contribution in [3.63, 3.8) is 0 Å². The van der Waals surface area contributed by atoms with Gasteiger partial charge >= 0.3 is 0 Å². The third-order valence-corrected chi connectivity index (χ3v) is 5.04. The topological polar surface area (TPSA) is 52.3 Å². The van der Waals surface area contributed by atoms with E-state index in [0.29, 0.717) is 4.17 Å². The van der Waals surface area contributed by atoms with E-state index in [-0.39, 0.29) is 0 Å². The second-order valence-corrected chi connectivity index (χ2v) is 5.76. The lowest BCUT2D eigenvalue weighted by atomic mass is 11.9. The molecule has 44 valence electrons. The van der Waals surface area contributed by atoms with Gasteiger partial charge in [0.15, 0.2) is 0 Å². The molecule has 0 aliphatic rings. The summed E-state index contributed by atoms with van der Waals surface area (Å²) in [4.78, 5) is 0. The fourth-order valence-electron chi connectivity index (χ4n) is 0.0282. The average molecular weight is 235 g/mol. The van der Waals surface area contributed by atoms with Crippen LogP contribution in [0.15, 0.2) is 0 Å². The van der Waals surface area contributed by atoms with Gasteiger partial charge in [-0.1, -0.05) is 22.6 Å². The first-order valence-electron chi connectivity index (χ1n) is 1.63. The minimum atomic E-state index is -2.39. The van der Waals surface area contributed by atoms with Gasteiger partial charge in [-0.15, -0.1) is 0 Å². The summed E-state index contributed by atoms with van der Waals surface area (Å²) >= 11 is 1.96. The lowest BCUT2D eigenvalue weighted by molar-refractivity contribution is 0.335. The predicted octanol–water partition coefficient (Wildman–Crippen LogP) is 1.18. The highest BCUT2D eigenvalue weighted by atomic mass is 127. The number of rotatable bonds is 2. The predicted molar refractivity (Wildman–Crippen MR) is 37.7 cm³/mol. The third-order valence-electron chi connectivity index (χ3n) is 0.440. The highest BCUT2D eigenvalue weighted by Crippen LogP contribution is 2.41. The van der Waals surface area contributed by atoms with E-state index >= 15 is 0 Å². The van der Waals surface area contributed by atoms with Crippen LogP contribution < -0.4 is 5.90 Å². The molecule has 0 spiro atoms. The Hall–Kier alpha value is 0.880. The molecule has 0 rings (SSSR count). The molecule has 1 atom stereocenters. The lowest BCUT2D eigenvalue weighted by Crippen LogP contribution is -1.95. The highest BCUT2D eigenvalue weighted by Gasteiger charge is 2.09. The molecule has 2 N–H and O–H groups in total. The molecule has 0 aliphatic carbocycles. The van der Waals surface area contributed by atoms with Crippen LogP contribution >= 0.6 is 30.0 Å². The largest absolute Gasteiger partial charge is 0.291 e. The first kappa shape index (κ1) is 7.88. The molecule has 0 aromatic heterocycles. The van der Waals surface area contributed by atoms with Crippen molar-refractivity contribution in [2.24, 2.45) is 5.90 Å². The molecule has 0 amide bonds. The third kappa shape index (κ3) is 3.46. The zero-order valence-corrected chi connectivity index (χ0v) is 6.98. The molecule has 0 aromatic rings. The number of hydrogen-bond donors (Lipinski definition) is 1. The first-order valence-corrected chi connectivity index (χ1v) is 5.41. The van der Waals surface area contributed by atoms with Gasteiger partial charge in [0.1, 0.15) is 0 Å². The molecular weight excluding hydrogens is 228 g/mol. The monoisotopic (exact) mass is 235 g/mol. The quantitative estimate of drug-likeness (QED) is 0.338. The van der Waals surface area contributed by atoms with Crippen LogP contribution in [0.1, 0.15) is 0 Å². The van der Waals surface area contributed by atoms with Crippen LogP contribution in [0.2, 0.25) is 0 Å². The van der Waals surface area contributed by atoms with Crippen molar-refractivity contribution in [1.29, 1.82) is 0 Å². The Labute approximate surface area is 56.1 Å². The lowest BCUT2D eigenvalue weighted by Gasteiger charge is -2.01. The van der Waals surface area contributed by atoms with Gasteiger partial charge in [-0.25, -0.2) is 10.5 Å². The number of alkyl halides is 1. The summed E-state index contributed by atoms with van der Waals surface area (Å²) in [5, 5.41) is 0. The molecule has 1 unspecified atom stereocenters. The number of hydrogen-bond acceptors (Lipinski definition) is 3. The van der Waals surface area contributed by atoms with Gasteiger partial charge < -0.3 is 0 Å². The summed E-state index contributed by atoms with van der Waals surface area (Å²) in [5.74, 6) is 4.65. The van der Waals surface area contributed by atoms with Crippen molar-refractivity contribution < 1.29 is 9.19 Å². The van der Waals surface area contributed by atoms with E-state index in [1.54, 1.807) is 0 Å². The summed E-state index contributed by atoms with van der Waals surface area (Å²) in [5.41, 5.74) is 0. The normalized spacial score (nSPS) is 18.7. The molecule has 7 heavy (non-hydrogen) atoms. The average Bonchev–Trinajstić information content (AvgIpc) is 1.68. The maximum Gasteiger partial charge on any atom is 0.226 e. The van der Waals surface area contributed by atoms with Gasteiger partial charge in [0, 0.05) is 6.66 Å². The van der Waals surface area contributed by atoms with Crippen LogP contribution in [0.3, 0.4) is 0 Å². The van der Waals surface area contributed by atoms with E-state index in [9.17, 15) is 4.57 Å². The Morgan fingerprint density at radius 2 is 2.43 bits per heavy atom. The minimum Gasteiger partial charge on any atom is -0.291 e. The van der Waals surface area contributed by atoms with E-state index in [1.165, 1.54) is 6.66 Å². The molecule has 0 saturated carbocycles. The summed E-state index contributed by atoms with van der Waals surface area (Å²) in [7, 11) is -2.39. The van der Waals surface area contributed by atoms with Crippen molar-refractivity contribution >= 4 is 30.0 Å². The molecule has 5 heteroatoms. The molecule has 0 aromatic carbocycles. The molecule has 0 saturated heterocycles. The van der Waals surface area contributed by atoms with Gasteiger partial charge in [-0.05, 0) is 0 Å². The van der Waals surface area contributed by atoms with E-state index < -0.39 is 7.37 Å². The molecule has 0 fully saturated rings. The van der Waals surface area contributed by atoms with E-state index in [4.69, 9.17) is 0 Å². The SMILES string of the molecule is CP(=O)(CI)ON. The maximum atomic E-state index is 10.6. The van der Waals surface area contributed by atoms with E-state index in [1.807, 2.05) is 22.6 Å². The highest BCUT2D eigenvalue weighted by molar-refractivity contribution is 14.1. The Morgan fingerprint density at radius 3 is 2.43 bits per heavy atom. The summed E-state index contributed by atoms with van der Waals surface area (Å²) in [6, 6.07) is 0. The van der Waals surface area contributed by atoms with Crippen LogP contribution in [0.4, 0.5) is 0 Å². The first-order chi connectivity index (χ1) is 3.12. The van der Waals surface area contributed by atoms with Crippen molar-refractivity contribution in [1.82, 2.24) is 0 Å². The van der Waals surface area contributed by atoms with E-state index in [2.05, 4.69) is 10.5 Å². The summed E-state index contributed by atoms with van der Waals surface area (Å²) in [6.45, 7) is 1.50. The molecule has 0 radical (unpaired) electrons. The van der Waals surface area contributed by atoms with Crippen LogP contribution in [0.5, 0.6) is 0 Å². The standard InChI is InChI=1S/C2H7INO2P/c1-7(5,2-3)6-4/h2,4H2,1H3. The van der Waals surface area contributed by atoms with Crippen LogP contribution in [0, 0.1) is 0 Å². The fraction of sp³-hybridized carbons (Fsp3) is 1.00. The van der Waals surface area contributed by atoms with Crippen LogP contribution in [-0.4, -0.2) is 10.8 Å².